The summed E-state index contributed by atoms with van der Waals surface area (Å²) in [7, 11) is 8.26. The predicted molar refractivity (Wildman–Crippen MR) is 93.5 cm³/mol. The third-order valence-electron chi connectivity index (χ3n) is 5.02. The molecule has 2 rings (SSSR count). The Balaban J connectivity index is 1.97. The van der Waals surface area contributed by atoms with Crippen molar-refractivity contribution in [2.45, 2.75) is 50.6 Å². The van der Waals surface area contributed by atoms with Gasteiger partial charge in [-0.3, -0.25) is 4.99 Å². The number of hydrogen-bond acceptors (Lipinski definition) is 4. The molecule has 1 aliphatic carbocycles. The van der Waals surface area contributed by atoms with Gasteiger partial charge in [0, 0.05) is 32.2 Å². The highest BCUT2D eigenvalue weighted by molar-refractivity contribution is 5.79. The molecule has 0 aromatic carbocycles. The van der Waals surface area contributed by atoms with E-state index in [1.54, 1.807) is 6.26 Å². The van der Waals surface area contributed by atoms with E-state index in [2.05, 4.69) is 39.4 Å². The maximum absolute atomic E-state index is 4.90. The molecule has 1 aromatic heterocycles. The first kappa shape index (κ1) is 17.8. The Hall–Kier alpha value is -1.56. The molecule has 1 fully saturated rings. The van der Waals surface area contributed by atoms with E-state index in [0.717, 1.165) is 18.2 Å². The molecule has 6 nitrogen and oxygen atoms in total. The summed E-state index contributed by atoms with van der Waals surface area (Å²) in [5.74, 6) is 0.901. The zero-order valence-corrected chi connectivity index (χ0v) is 15.0. The highest BCUT2D eigenvalue weighted by atomic mass is 16.5. The molecule has 1 aromatic rings. The zero-order chi connectivity index (χ0) is 16.7. The standard InChI is InChI=1S/C17H31N5O/c1-18-16(22(4)13-15-9-12-23-20-15)19-14-17(21(2)3)10-7-5-6-8-11-17/h9,12H,5-8,10-11,13-14H2,1-4H3,(H,18,19). The van der Waals surface area contributed by atoms with Crippen molar-refractivity contribution in [2.75, 3.05) is 34.7 Å². The smallest absolute Gasteiger partial charge is 0.193 e. The Morgan fingerprint density at radius 2 is 1.96 bits per heavy atom. The van der Waals surface area contributed by atoms with Gasteiger partial charge in [0.25, 0.3) is 0 Å². The van der Waals surface area contributed by atoms with Crippen LogP contribution in [0.2, 0.25) is 0 Å². The van der Waals surface area contributed by atoms with Crippen molar-refractivity contribution < 1.29 is 4.52 Å². The molecular weight excluding hydrogens is 290 g/mol. The fraction of sp³-hybridized carbons (Fsp3) is 0.765. The average Bonchev–Trinajstić information content (AvgIpc) is 2.91. The molecule has 23 heavy (non-hydrogen) atoms. The Kier molecular flexibility index (Phi) is 6.45. The molecule has 0 saturated heterocycles. The molecule has 0 aliphatic heterocycles. The molecule has 0 unspecified atom stereocenters. The Bertz CT molecular complexity index is 475. The number of likely N-dealkylation sites (N-methyl/N-ethyl adjacent to an activating group) is 1. The van der Waals surface area contributed by atoms with Crippen molar-refractivity contribution >= 4 is 5.96 Å². The van der Waals surface area contributed by atoms with Crippen molar-refractivity contribution in [3.05, 3.63) is 18.0 Å². The van der Waals surface area contributed by atoms with Gasteiger partial charge in [-0.1, -0.05) is 30.8 Å². The van der Waals surface area contributed by atoms with Crippen molar-refractivity contribution in [1.29, 1.82) is 0 Å². The summed E-state index contributed by atoms with van der Waals surface area (Å²) in [4.78, 5) is 8.90. The van der Waals surface area contributed by atoms with Gasteiger partial charge >= 0.3 is 0 Å². The van der Waals surface area contributed by atoms with Gasteiger partial charge in [-0.15, -0.1) is 0 Å². The van der Waals surface area contributed by atoms with Gasteiger partial charge in [0.05, 0.1) is 6.54 Å². The van der Waals surface area contributed by atoms with Gasteiger partial charge in [0.15, 0.2) is 5.96 Å². The number of guanidine groups is 1. The van der Waals surface area contributed by atoms with E-state index in [0.29, 0.717) is 6.54 Å². The van der Waals surface area contributed by atoms with Crippen LogP contribution in [0.25, 0.3) is 0 Å². The van der Waals surface area contributed by atoms with Crippen molar-refractivity contribution in [3.8, 4) is 0 Å². The molecule has 6 heteroatoms. The minimum Gasteiger partial charge on any atom is -0.364 e. The molecule has 0 spiro atoms. The zero-order valence-electron chi connectivity index (χ0n) is 15.0. The summed E-state index contributed by atoms with van der Waals surface area (Å²) < 4.78 is 4.90. The molecule has 1 saturated carbocycles. The Morgan fingerprint density at radius 1 is 1.26 bits per heavy atom. The monoisotopic (exact) mass is 321 g/mol. The van der Waals surface area contributed by atoms with Crippen molar-refractivity contribution in [2.24, 2.45) is 4.99 Å². The first-order chi connectivity index (χ1) is 11.1. The minimum absolute atomic E-state index is 0.223. The summed E-state index contributed by atoms with van der Waals surface area (Å²) in [6.07, 6.45) is 9.44. The minimum atomic E-state index is 0.223. The topological polar surface area (TPSA) is 56.9 Å². The second-order valence-electron chi connectivity index (χ2n) is 6.78. The van der Waals surface area contributed by atoms with Crippen LogP contribution in [0.1, 0.15) is 44.2 Å². The molecule has 1 aliphatic rings. The van der Waals surface area contributed by atoms with Crippen molar-refractivity contribution in [3.63, 3.8) is 0 Å². The van der Waals surface area contributed by atoms with E-state index < -0.39 is 0 Å². The van der Waals surface area contributed by atoms with Crippen LogP contribution in [0.5, 0.6) is 0 Å². The molecular formula is C17H31N5O. The van der Waals surface area contributed by atoms with Gasteiger partial charge in [0.1, 0.15) is 12.0 Å². The molecule has 1 heterocycles. The van der Waals surface area contributed by atoms with E-state index in [-0.39, 0.29) is 5.54 Å². The first-order valence-electron chi connectivity index (χ1n) is 8.56. The van der Waals surface area contributed by atoms with Crippen LogP contribution in [0.3, 0.4) is 0 Å². The van der Waals surface area contributed by atoms with Crippen LogP contribution in [0.15, 0.2) is 21.8 Å². The maximum atomic E-state index is 4.90. The summed E-state index contributed by atoms with van der Waals surface area (Å²) in [6, 6.07) is 1.89. The quantitative estimate of drug-likeness (QED) is 0.512. The molecule has 0 bridgehead atoms. The Morgan fingerprint density at radius 3 is 2.48 bits per heavy atom. The molecule has 0 amide bonds. The largest absolute Gasteiger partial charge is 0.364 e. The van der Waals surface area contributed by atoms with E-state index in [1.165, 1.54) is 38.5 Å². The van der Waals surface area contributed by atoms with Gasteiger partial charge < -0.3 is 19.6 Å². The predicted octanol–water partition coefficient (Wildman–Crippen LogP) is 2.34. The van der Waals surface area contributed by atoms with Gasteiger partial charge in [-0.25, -0.2) is 0 Å². The second-order valence-corrected chi connectivity index (χ2v) is 6.78. The average molecular weight is 321 g/mol. The fourth-order valence-corrected chi connectivity index (χ4v) is 3.43. The van der Waals surface area contributed by atoms with Crippen LogP contribution in [-0.2, 0) is 6.54 Å². The van der Waals surface area contributed by atoms with E-state index in [9.17, 15) is 0 Å². The van der Waals surface area contributed by atoms with Crippen molar-refractivity contribution in [1.82, 2.24) is 20.3 Å². The second kappa shape index (κ2) is 8.34. The molecule has 130 valence electrons. The lowest BCUT2D eigenvalue weighted by atomic mass is 9.88. The molecule has 1 N–H and O–H groups in total. The van der Waals surface area contributed by atoms with Crippen LogP contribution in [-0.4, -0.2) is 61.2 Å². The number of nitrogens with one attached hydrogen (secondary N) is 1. The normalized spacial score (nSPS) is 18.7. The fourth-order valence-electron chi connectivity index (χ4n) is 3.43. The third-order valence-corrected chi connectivity index (χ3v) is 5.02. The van der Waals surface area contributed by atoms with Crippen LogP contribution in [0.4, 0.5) is 0 Å². The van der Waals surface area contributed by atoms with E-state index in [1.807, 2.05) is 20.2 Å². The Labute approximate surface area is 139 Å². The lowest BCUT2D eigenvalue weighted by Gasteiger charge is -2.40. The number of aromatic nitrogens is 1. The number of hydrogen-bond donors (Lipinski definition) is 1. The van der Waals surface area contributed by atoms with Crippen LogP contribution < -0.4 is 5.32 Å². The first-order valence-corrected chi connectivity index (χ1v) is 8.56. The number of aliphatic imine (C=N–C) groups is 1. The third kappa shape index (κ3) is 4.70. The molecule has 0 atom stereocenters. The maximum Gasteiger partial charge on any atom is 0.193 e. The van der Waals surface area contributed by atoms with Gasteiger partial charge in [-0.05, 0) is 26.9 Å². The summed E-state index contributed by atoms with van der Waals surface area (Å²) in [6.45, 7) is 1.61. The molecule has 0 radical (unpaired) electrons. The lowest BCUT2D eigenvalue weighted by Crippen LogP contribution is -2.54. The van der Waals surface area contributed by atoms with E-state index >= 15 is 0 Å². The number of rotatable bonds is 5. The van der Waals surface area contributed by atoms with Crippen LogP contribution >= 0.6 is 0 Å². The highest BCUT2D eigenvalue weighted by Crippen LogP contribution is 2.30. The summed E-state index contributed by atoms with van der Waals surface area (Å²) >= 11 is 0. The van der Waals surface area contributed by atoms with E-state index in [4.69, 9.17) is 4.52 Å². The van der Waals surface area contributed by atoms with Gasteiger partial charge in [0.2, 0.25) is 0 Å². The van der Waals surface area contributed by atoms with Crippen LogP contribution in [0, 0.1) is 0 Å². The summed E-state index contributed by atoms with van der Waals surface area (Å²) in [5, 5.41) is 7.55. The van der Waals surface area contributed by atoms with Gasteiger partial charge in [-0.2, -0.15) is 0 Å². The SMILES string of the molecule is CN=C(NCC1(N(C)C)CCCCCC1)N(C)Cc1ccon1. The highest BCUT2D eigenvalue weighted by Gasteiger charge is 2.33. The number of nitrogens with zero attached hydrogens (tertiary/aromatic N) is 4. The summed E-state index contributed by atoms with van der Waals surface area (Å²) in [5.41, 5.74) is 1.13. The lowest BCUT2D eigenvalue weighted by molar-refractivity contribution is 0.131.